The quantitative estimate of drug-likeness (QED) is 0.336. The third-order valence-corrected chi connectivity index (χ3v) is 9.59. The van der Waals surface area contributed by atoms with Crippen molar-refractivity contribution in [1.82, 2.24) is 10.2 Å². The molecule has 7 nitrogen and oxygen atoms in total. The van der Waals surface area contributed by atoms with Crippen LogP contribution < -0.4 is 9.62 Å². The molecule has 0 radical (unpaired) electrons. The maximum Gasteiger partial charge on any atom is 0.264 e. The number of nitrogens with zero attached hydrogens (tertiary/aromatic N) is 2. The summed E-state index contributed by atoms with van der Waals surface area (Å²) < 4.78 is 28.9. The van der Waals surface area contributed by atoms with E-state index in [-0.39, 0.29) is 29.1 Å². The Kier molecular flexibility index (Phi) is 9.53. The third-order valence-electron chi connectivity index (χ3n) is 7.40. The van der Waals surface area contributed by atoms with Gasteiger partial charge in [0.25, 0.3) is 10.0 Å². The second kappa shape index (κ2) is 12.9. The van der Waals surface area contributed by atoms with E-state index in [4.69, 9.17) is 11.6 Å². The molecule has 1 aliphatic rings. The molecule has 1 fully saturated rings. The fourth-order valence-corrected chi connectivity index (χ4v) is 6.44. The molecule has 1 aliphatic carbocycles. The number of sulfonamides is 1. The number of rotatable bonds is 10. The zero-order valence-corrected chi connectivity index (χ0v) is 24.7. The molecule has 0 saturated heterocycles. The lowest BCUT2D eigenvalue weighted by molar-refractivity contribution is -0.139. The van der Waals surface area contributed by atoms with Crippen LogP contribution in [-0.2, 0) is 26.2 Å². The first kappa shape index (κ1) is 29.6. The van der Waals surface area contributed by atoms with Gasteiger partial charge in [-0.05, 0) is 69.0 Å². The topological polar surface area (TPSA) is 86.8 Å². The van der Waals surface area contributed by atoms with Crippen LogP contribution in [0, 0.1) is 13.8 Å². The van der Waals surface area contributed by atoms with E-state index < -0.39 is 28.5 Å². The van der Waals surface area contributed by atoms with Crippen LogP contribution in [0.3, 0.4) is 0 Å². The minimum Gasteiger partial charge on any atom is -0.352 e. The van der Waals surface area contributed by atoms with Crippen molar-refractivity contribution in [3.05, 3.63) is 94.5 Å². The second-order valence-electron chi connectivity index (χ2n) is 10.4. The lowest BCUT2D eigenvalue weighted by atomic mass is 10.1. The Morgan fingerprint density at radius 3 is 2.25 bits per heavy atom. The molecule has 0 aromatic heterocycles. The maximum absolute atomic E-state index is 14.0. The standard InChI is InChI=1S/C31H36ClN3O4S/c1-22-13-17-28(18-14-22)40(38,39)35(27-16-15-23(2)29(32)19-27)21-30(36)34(20-25-9-5-4-6-10-25)24(3)31(37)33-26-11-7-8-12-26/h4-6,9-10,13-19,24,26H,7-8,11-12,20-21H2,1-3H3,(H,33,37)/t24-/m1/s1. The minimum atomic E-state index is -4.14. The van der Waals surface area contributed by atoms with Gasteiger partial charge in [-0.2, -0.15) is 0 Å². The predicted molar refractivity (Wildman–Crippen MR) is 159 cm³/mol. The molecule has 1 saturated carbocycles. The van der Waals surface area contributed by atoms with Crippen molar-refractivity contribution in [2.75, 3.05) is 10.8 Å². The van der Waals surface area contributed by atoms with Gasteiger partial charge in [0.15, 0.2) is 0 Å². The molecule has 9 heteroatoms. The van der Waals surface area contributed by atoms with Gasteiger partial charge in [-0.15, -0.1) is 0 Å². The van der Waals surface area contributed by atoms with Crippen molar-refractivity contribution in [3.8, 4) is 0 Å². The Hall–Kier alpha value is -3.36. The molecule has 0 aliphatic heterocycles. The fraction of sp³-hybridized carbons (Fsp3) is 0.355. The van der Waals surface area contributed by atoms with Crippen molar-refractivity contribution in [1.29, 1.82) is 0 Å². The first-order chi connectivity index (χ1) is 19.1. The molecule has 0 bridgehead atoms. The largest absolute Gasteiger partial charge is 0.352 e. The van der Waals surface area contributed by atoms with E-state index in [0.29, 0.717) is 5.02 Å². The van der Waals surface area contributed by atoms with Gasteiger partial charge < -0.3 is 10.2 Å². The molecule has 3 aromatic carbocycles. The van der Waals surface area contributed by atoms with Crippen molar-refractivity contribution >= 4 is 39.1 Å². The van der Waals surface area contributed by atoms with Crippen molar-refractivity contribution in [2.45, 2.75) is 70.0 Å². The number of hydrogen-bond acceptors (Lipinski definition) is 4. The molecular weight excluding hydrogens is 546 g/mol. The number of hydrogen-bond donors (Lipinski definition) is 1. The molecule has 0 unspecified atom stereocenters. The Balaban J connectivity index is 1.69. The summed E-state index contributed by atoms with van der Waals surface area (Å²) in [6.07, 6.45) is 3.97. The first-order valence-corrected chi connectivity index (χ1v) is 15.4. The van der Waals surface area contributed by atoms with E-state index >= 15 is 0 Å². The summed E-state index contributed by atoms with van der Waals surface area (Å²) in [5, 5.41) is 3.47. The van der Waals surface area contributed by atoms with E-state index in [1.807, 2.05) is 44.2 Å². The summed E-state index contributed by atoms with van der Waals surface area (Å²) >= 11 is 6.38. The molecule has 40 heavy (non-hydrogen) atoms. The number of nitrogens with one attached hydrogen (secondary N) is 1. The Morgan fingerprint density at radius 1 is 0.975 bits per heavy atom. The molecule has 1 N–H and O–H groups in total. The van der Waals surface area contributed by atoms with Crippen LogP contribution in [0.5, 0.6) is 0 Å². The average Bonchev–Trinajstić information content (AvgIpc) is 3.45. The average molecular weight is 582 g/mol. The molecular formula is C31H36ClN3O4S. The van der Waals surface area contributed by atoms with Crippen LogP contribution in [0.2, 0.25) is 5.02 Å². The zero-order valence-electron chi connectivity index (χ0n) is 23.1. The minimum absolute atomic E-state index is 0.0595. The van der Waals surface area contributed by atoms with Gasteiger partial charge in [0.1, 0.15) is 12.6 Å². The van der Waals surface area contributed by atoms with E-state index in [1.165, 1.54) is 17.0 Å². The molecule has 0 heterocycles. The van der Waals surface area contributed by atoms with Gasteiger partial charge in [-0.1, -0.05) is 78.5 Å². The molecule has 2 amide bonds. The normalized spacial score (nSPS) is 14.5. The molecule has 1 atom stereocenters. The number of carbonyl (C=O) groups is 2. The highest BCUT2D eigenvalue weighted by Crippen LogP contribution is 2.29. The Labute approximate surface area is 242 Å². The summed E-state index contributed by atoms with van der Waals surface area (Å²) in [5.74, 6) is -0.743. The SMILES string of the molecule is Cc1ccc(S(=O)(=O)N(CC(=O)N(Cc2ccccc2)[C@H](C)C(=O)NC2CCCC2)c2ccc(C)c(Cl)c2)cc1. The number of anilines is 1. The van der Waals surface area contributed by atoms with Crippen molar-refractivity contribution < 1.29 is 18.0 Å². The number of amides is 2. The maximum atomic E-state index is 14.0. The number of carbonyl (C=O) groups excluding carboxylic acids is 2. The Morgan fingerprint density at radius 2 is 1.62 bits per heavy atom. The summed E-state index contributed by atoms with van der Waals surface area (Å²) in [6.45, 7) is 5.04. The van der Waals surface area contributed by atoms with Crippen molar-refractivity contribution in [2.24, 2.45) is 0 Å². The van der Waals surface area contributed by atoms with Crippen LogP contribution in [0.1, 0.15) is 49.3 Å². The number of benzene rings is 3. The van der Waals surface area contributed by atoms with Gasteiger partial charge in [0.2, 0.25) is 11.8 Å². The Bertz CT molecular complexity index is 1440. The fourth-order valence-electron chi connectivity index (χ4n) is 4.86. The first-order valence-electron chi connectivity index (χ1n) is 13.6. The highest BCUT2D eigenvalue weighted by molar-refractivity contribution is 7.92. The van der Waals surface area contributed by atoms with Crippen LogP contribution >= 0.6 is 11.6 Å². The van der Waals surface area contributed by atoms with E-state index in [2.05, 4.69) is 5.32 Å². The number of halogens is 1. The molecule has 4 rings (SSSR count). The molecule has 0 spiro atoms. The van der Waals surface area contributed by atoms with Crippen molar-refractivity contribution in [3.63, 3.8) is 0 Å². The summed E-state index contributed by atoms with van der Waals surface area (Å²) in [7, 11) is -4.14. The number of aryl methyl sites for hydroxylation is 2. The van der Waals surface area contributed by atoms with Gasteiger partial charge in [-0.3, -0.25) is 13.9 Å². The van der Waals surface area contributed by atoms with Gasteiger partial charge in [-0.25, -0.2) is 8.42 Å². The smallest absolute Gasteiger partial charge is 0.264 e. The molecule has 3 aromatic rings. The van der Waals surface area contributed by atoms with E-state index in [0.717, 1.165) is 46.7 Å². The van der Waals surface area contributed by atoms with Crippen LogP contribution in [-0.4, -0.2) is 43.8 Å². The summed E-state index contributed by atoms with van der Waals surface area (Å²) in [5.41, 5.74) is 2.80. The monoisotopic (exact) mass is 581 g/mol. The second-order valence-corrected chi connectivity index (χ2v) is 12.7. The van der Waals surface area contributed by atoms with Crippen LogP contribution in [0.4, 0.5) is 5.69 Å². The van der Waals surface area contributed by atoms with Gasteiger partial charge >= 0.3 is 0 Å². The van der Waals surface area contributed by atoms with Gasteiger partial charge in [0, 0.05) is 17.6 Å². The summed E-state index contributed by atoms with van der Waals surface area (Å²) in [4.78, 5) is 28.8. The van der Waals surface area contributed by atoms with Crippen LogP contribution in [0.15, 0.2) is 77.7 Å². The lowest BCUT2D eigenvalue weighted by Crippen LogP contribution is -2.52. The van der Waals surface area contributed by atoms with Crippen LogP contribution in [0.25, 0.3) is 0 Å². The lowest BCUT2D eigenvalue weighted by Gasteiger charge is -2.32. The summed E-state index contributed by atoms with van der Waals surface area (Å²) in [6, 6.07) is 20.0. The highest BCUT2D eigenvalue weighted by atomic mass is 35.5. The van der Waals surface area contributed by atoms with E-state index in [9.17, 15) is 18.0 Å². The molecule has 212 valence electrons. The zero-order chi connectivity index (χ0) is 28.9. The highest BCUT2D eigenvalue weighted by Gasteiger charge is 2.33. The van der Waals surface area contributed by atoms with Gasteiger partial charge in [0.05, 0.1) is 10.6 Å². The third kappa shape index (κ3) is 7.04. The van der Waals surface area contributed by atoms with E-state index in [1.54, 1.807) is 37.3 Å². The predicted octanol–water partition coefficient (Wildman–Crippen LogP) is 5.63.